The molecule has 0 radical (unpaired) electrons. The summed E-state index contributed by atoms with van der Waals surface area (Å²) in [6, 6.07) is 0. The van der Waals surface area contributed by atoms with Crippen molar-refractivity contribution in [3.8, 4) is 12.3 Å². The van der Waals surface area contributed by atoms with Gasteiger partial charge in [0.25, 0.3) is 6.20 Å². The number of thioether (sulfide) groups is 1. The summed E-state index contributed by atoms with van der Waals surface area (Å²) in [5.74, 6) is 4.35. The van der Waals surface area contributed by atoms with Crippen LogP contribution in [0.25, 0.3) is 0 Å². The molecule has 0 saturated carbocycles. The first kappa shape index (κ1) is 19.3. The SMILES string of the molecule is C#CCNC(=C[N+](=O)[O-])NCCSCc1csc(CN(C)C)n1. The van der Waals surface area contributed by atoms with Crippen molar-refractivity contribution in [3.63, 3.8) is 0 Å². The Balaban J connectivity index is 2.27. The Bertz CT molecular complexity index is 566. The van der Waals surface area contributed by atoms with Crippen LogP contribution in [0.4, 0.5) is 0 Å². The van der Waals surface area contributed by atoms with Gasteiger partial charge in [-0.1, -0.05) is 5.92 Å². The minimum atomic E-state index is -0.513. The Kier molecular flexibility index (Phi) is 9.12. The zero-order valence-electron chi connectivity index (χ0n) is 13.2. The van der Waals surface area contributed by atoms with Crippen molar-refractivity contribution in [3.05, 3.63) is 38.2 Å². The fraction of sp³-hybridized carbons (Fsp3) is 0.500. The standard InChI is InChI=1S/C14H21N5O2S2/c1-4-5-15-13(8-19(20)21)16-6-7-22-10-12-11-23-14(17-12)9-18(2)3/h1,8,11,15-16H,5-7,9-10H2,2-3H3. The third kappa shape index (κ3) is 9.07. The van der Waals surface area contributed by atoms with E-state index >= 15 is 0 Å². The van der Waals surface area contributed by atoms with Crippen LogP contribution in [0.3, 0.4) is 0 Å². The highest BCUT2D eigenvalue weighted by Gasteiger charge is 2.04. The van der Waals surface area contributed by atoms with Crippen molar-refractivity contribution in [2.45, 2.75) is 12.3 Å². The van der Waals surface area contributed by atoms with Crippen LogP contribution in [0.15, 0.2) is 17.4 Å². The largest absolute Gasteiger partial charge is 0.366 e. The number of hydrogen-bond acceptors (Lipinski definition) is 8. The molecule has 0 aliphatic rings. The zero-order valence-corrected chi connectivity index (χ0v) is 14.9. The average Bonchev–Trinajstić information content (AvgIpc) is 2.90. The third-order valence-electron chi connectivity index (χ3n) is 2.48. The molecule has 1 heterocycles. The number of rotatable bonds is 11. The molecule has 1 aromatic heterocycles. The molecule has 23 heavy (non-hydrogen) atoms. The highest BCUT2D eigenvalue weighted by Crippen LogP contribution is 2.16. The van der Waals surface area contributed by atoms with Crippen molar-refractivity contribution < 1.29 is 4.92 Å². The van der Waals surface area contributed by atoms with Gasteiger partial charge < -0.3 is 15.5 Å². The van der Waals surface area contributed by atoms with Crippen LogP contribution in [0, 0.1) is 22.5 Å². The lowest BCUT2D eigenvalue weighted by Crippen LogP contribution is -2.29. The van der Waals surface area contributed by atoms with E-state index in [9.17, 15) is 10.1 Å². The van der Waals surface area contributed by atoms with Gasteiger partial charge >= 0.3 is 0 Å². The fourth-order valence-electron chi connectivity index (χ4n) is 1.60. The monoisotopic (exact) mass is 355 g/mol. The van der Waals surface area contributed by atoms with Crippen LogP contribution in [-0.2, 0) is 12.3 Å². The summed E-state index contributed by atoms with van der Waals surface area (Å²) in [5.41, 5.74) is 1.07. The molecule has 0 atom stereocenters. The Morgan fingerprint density at radius 1 is 1.61 bits per heavy atom. The molecule has 7 nitrogen and oxygen atoms in total. The van der Waals surface area contributed by atoms with E-state index in [1.807, 2.05) is 14.1 Å². The lowest BCUT2D eigenvalue weighted by atomic mass is 10.5. The minimum absolute atomic E-state index is 0.243. The lowest BCUT2D eigenvalue weighted by molar-refractivity contribution is -0.404. The summed E-state index contributed by atoms with van der Waals surface area (Å²) in [4.78, 5) is 16.6. The van der Waals surface area contributed by atoms with E-state index < -0.39 is 4.92 Å². The molecule has 9 heteroatoms. The van der Waals surface area contributed by atoms with E-state index in [1.54, 1.807) is 23.1 Å². The van der Waals surface area contributed by atoms with Gasteiger partial charge in [-0.25, -0.2) is 4.98 Å². The van der Waals surface area contributed by atoms with Gasteiger partial charge in [0.15, 0.2) is 5.82 Å². The molecule has 0 aliphatic heterocycles. The first-order chi connectivity index (χ1) is 11.0. The molecular weight excluding hydrogens is 334 g/mol. The number of thiazole rings is 1. The number of terminal acetylenes is 1. The molecule has 0 amide bonds. The molecular formula is C14H21N5O2S2. The van der Waals surface area contributed by atoms with Crippen molar-refractivity contribution >= 4 is 23.1 Å². The number of nitrogens with zero attached hydrogens (tertiary/aromatic N) is 3. The van der Waals surface area contributed by atoms with Crippen LogP contribution >= 0.6 is 23.1 Å². The van der Waals surface area contributed by atoms with Crippen LogP contribution in [0.1, 0.15) is 10.7 Å². The third-order valence-corrected chi connectivity index (χ3v) is 4.35. The molecule has 2 N–H and O–H groups in total. The normalized spacial score (nSPS) is 11.3. The minimum Gasteiger partial charge on any atom is -0.366 e. The fourth-order valence-corrected chi connectivity index (χ4v) is 3.36. The summed E-state index contributed by atoms with van der Waals surface area (Å²) in [7, 11) is 4.04. The van der Waals surface area contributed by atoms with Crippen LogP contribution in [-0.4, -0.2) is 47.7 Å². The number of hydrogen-bond donors (Lipinski definition) is 2. The van der Waals surface area contributed by atoms with Crippen LogP contribution < -0.4 is 10.6 Å². The number of nitro groups is 1. The Morgan fingerprint density at radius 2 is 2.39 bits per heavy atom. The first-order valence-electron chi connectivity index (χ1n) is 6.93. The van der Waals surface area contributed by atoms with E-state index in [1.165, 1.54) is 0 Å². The van der Waals surface area contributed by atoms with Crippen molar-refractivity contribution in [1.82, 2.24) is 20.5 Å². The first-order valence-corrected chi connectivity index (χ1v) is 8.97. The summed E-state index contributed by atoms with van der Waals surface area (Å²) >= 11 is 3.39. The average molecular weight is 355 g/mol. The maximum absolute atomic E-state index is 10.5. The molecule has 126 valence electrons. The quantitative estimate of drug-likeness (QED) is 0.268. The summed E-state index contributed by atoms with van der Waals surface area (Å²) in [6.45, 7) is 1.71. The molecule has 0 aromatic carbocycles. The summed E-state index contributed by atoms with van der Waals surface area (Å²) < 4.78 is 0. The van der Waals surface area contributed by atoms with Crippen molar-refractivity contribution in [2.75, 3.05) is 32.9 Å². The van der Waals surface area contributed by atoms with Gasteiger partial charge in [-0.15, -0.1) is 17.8 Å². The predicted octanol–water partition coefficient (Wildman–Crippen LogP) is 1.33. The maximum atomic E-state index is 10.5. The van der Waals surface area contributed by atoms with E-state index in [-0.39, 0.29) is 6.54 Å². The lowest BCUT2D eigenvalue weighted by Gasteiger charge is -2.08. The maximum Gasteiger partial charge on any atom is 0.274 e. The molecule has 0 aliphatic carbocycles. The zero-order chi connectivity index (χ0) is 17.1. The highest BCUT2D eigenvalue weighted by atomic mass is 32.2. The second kappa shape index (κ2) is 10.9. The predicted molar refractivity (Wildman–Crippen MR) is 95.6 cm³/mol. The molecule has 1 rings (SSSR count). The van der Waals surface area contributed by atoms with E-state index in [0.29, 0.717) is 12.4 Å². The molecule has 0 saturated heterocycles. The Morgan fingerprint density at radius 3 is 3.04 bits per heavy atom. The van der Waals surface area contributed by atoms with Gasteiger partial charge in [-0.05, 0) is 14.1 Å². The summed E-state index contributed by atoms with van der Waals surface area (Å²) in [5, 5.41) is 19.4. The van der Waals surface area contributed by atoms with E-state index in [4.69, 9.17) is 6.42 Å². The van der Waals surface area contributed by atoms with Gasteiger partial charge in [0.05, 0.1) is 17.2 Å². The second-order valence-corrected chi connectivity index (χ2v) is 6.88. The molecule has 0 bridgehead atoms. The van der Waals surface area contributed by atoms with E-state index in [2.05, 4.69) is 31.8 Å². The smallest absolute Gasteiger partial charge is 0.274 e. The van der Waals surface area contributed by atoms with Gasteiger partial charge in [0.1, 0.15) is 5.01 Å². The number of nitrogens with one attached hydrogen (secondary N) is 2. The molecule has 0 unspecified atom stereocenters. The molecule has 0 fully saturated rings. The highest BCUT2D eigenvalue weighted by molar-refractivity contribution is 7.98. The van der Waals surface area contributed by atoms with Gasteiger partial charge in [0, 0.05) is 30.0 Å². The molecule has 1 aromatic rings. The molecule has 0 spiro atoms. The Hall–Kier alpha value is -1.76. The van der Waals surface area contributed by atoms with Gasteiger partial charge in [-0.2, -0.15) is 11.8 Å². The second-order valence-electron chi connectivity index (χ2n) is 4.84. The van der Waals surface area contributed by atoms with Crippen LogP contribution in [0.5, 0.6) is 0 Å². The van der Waals surface area contributed by atoms with E-state index in [0.717, 1.165) is 35.0 Å². The van der Waals surface area contributed by atoms with Gasteiger partial charge in [-0.3, -0.25) is 10.1 Å². The van der Waals surface area contributed by atoms with Crippen LogP contribution in [0.2, 0.25) is 0 Å². The Labute approximate surface area is 144 Å². The summed E-state index contributed by atoms with van der Waals surface area (Å²) in [6.07, 6.45) is 6.01. The number of aromatic nitrogens is 1. The van der Waals surface area contributed by atoms with Crippen molar-refractivity contribution in [2.24, 2.45) is 0 Å². The van der Waals surface area contributed by atoms with Gasteiger partial charge in [0.2, 0.25) is 0 Å². The van der Waals surface area contributed by atoms with Crippen molar-refractivity contribution in [1.29, 1.82) is 0 Å². The topological polar surface area (TPSA) is 83.3 Å².